The number of nitrogens with zero attached hydrogens (tertiary/aromatic N) is 3. The number of benzene rings is 1. The van der Waals surface area contributed by atoms with Gasteiger partial charge in [0.15, 0.2) is 5.78 Å². The average Bonchev–Trinajstić information content (AvgIpc) is 2.76. The number of Topliss-reactive ketones (excluding diaryl/α,β-unsaturated/α-hetero) is 1. The molecule has 0 saturated carbocycles. The lowest BCUT2D eigenvalue weighted by Gasteiger charge is -2.42. The van der Waals surface area contributed by atoms with Gasteiger partial charge in [-0.25, -0.2) is 9.97 Å². The van der Waals surface area contributed by atoms with E-state index in [4.69, 9.17) is 9.90 Å². The van der Waals surface area contributed by atoms with Crippen molar-refractivity contribution in [3.8, 4) is 0 Å². The molecule has 0 spiro atoms. The molecule has 1 aliphatic heterocycles. The molecule has 7 heteroatoms. The summed E-state index contributed by atoms with van der Waals surface area (Å²) in [5.41, 5.74) is 1.41. The van der Waals surface area contributed by atoms with Crippen LogP contribution in [0.1, 0.15) is 41.5 Å². The van der Waals surface area contributed by atoms with Gasteiger partial charge in [-0.2, -0.15) is 0 Å². The summed E-state index contributed by atoms with van der Waals surface area (Å²) in [5.74, 6) is 0.387. The lowest BCUT2D eigenvalue weighted by Crippen LogP contribution is -2.45. The first-order valence-corrected chi connectivity index (χ1v) is 9.09. The highest BCUT2D eigenvalue weighted by atomic mass is 16.3. The van der Waals surface area contributed by atoms with Crippen molar-refractivity contribution in [1.82, 2.24) is 14.9 Å². The van der Waals surface area contributed by atoms with Crippen LogP contribution in [0.15, 0.2) is 42.7 Å². The molecule has 2 heterocycles. The number of piperidine rings is 1. The maximum absolute atomic E-state index is 11.7. The van der Waals surface area contributed by atoms with Gasteiger partial charge in [0.1, 0.15) is 19.2 Å². The summed E-state index contributed by atoms with van der Waals surface area (Å²) in [6.07, 6.45) is 5.29. The van der Waals surface area contributed by atoms with E-state index in [1.54, 1.807) is 6.92 Å². The summed E-state index contributed by atoms with van der Waals surface area (Å²) in [6, 6.07) is 10.3. The Morgan fingerprint density at radius 1 is 1.11 bits per heavy atom. The van der Waals surface area contributed by atoms with Crippen LogP contribution < -0.4 is 0 Å². The Bertz CT molecular complexity index is 785. The highest BCUT2D eigenvalue weighted by molar-refractivity contribution is 5.96. The predicted octanol–water partition coefficient (Wildman–Crippen LogP) is 1.59. The van der Waals surface area contributed by atoms with Crippen LogP contribution in [0.25, 0.3) is 0 Å². The van der Waals surface area contributed by atoms with Crippen LogP contribution in [0.3, 0.4) is 0 Å². The molecule has 1 aromatic carbocycles. The largest absolute Gasteiger partial charge is 0.388 e. The number of ketones is 1. The Morgan fingerprint density at radius 3 is 2.18 bits per heavy atom. The Kier molecular flexibility index (Phi) is 7.52. The van der Waals surface area contributed by atoms with E-state index < -0.39 is 6.61 Å². The maximum atomic E-state index is 11.7. The van der Waals surface area contributed by atoms with Gasteiger partial charge in [0.25, 0.3) is 0 Å². The van der Waals surface area contributed by atoms with E-state index in [1.807, 2.05) is 29.9 Å². The highest BCUT2D eigenvalue weighted by Crippen LogP contribution is 2.38. The molecule has 0 unspecified atom stereocenters. The molecule has 148 valence electrons. The molecule has 0 bridgehead atoms. The molecule has 1 N–H and O–H groups in total. The number of aliphatic hydroxyl groups is 1. The van der Waals surface area contributed by atoms with Crippen molar-refractivity contribution in [3.63, 3.8) is 0 Å². The topological polar surface area (TPSA) is 100 Å². The van der Waals surface area contributed by atoms with Crippen LogP contribution in [0.5, 0.6) is 0 Å². The Balaban J connectivity index is 0.00000136. The molecule has 1 aromatic heterocycles. The van der Waals surface area contributed by atoms with Crippen molar-refractivity contribution in [1.29, 1.82) is 0 Å². The average molecular weight is 383 g/mol. The number of likely N-dealkylation sites (tertiary alicyclic amines) is 1. The molecule has 0 aliphatic carbocycles. The number of aromatic nitrogens is 2. The van der Waals surface area contributed by atoms with E-state index in [0.29, 0.717) is 30.9 Å². The summed E-state index contributed by atoms with van der Waals surface area (Å²) >= 11 is 0. The number of carbonyl (C=O) groups is 3. The normalized spacial score (nSPS) is 15.3. The third-order valence-corrected chi connectivity index (χ3v) is 5.22. The molecule has 28 heavy (non-hydrogen) atoms. The molecule has 3 rings (SSSR count). The smallest absolute Gasteiger partial charge is 0.219 e. The zero-order chi connectivity index (χ0) is 20.6. The summed E-state index contributed by atoms with van der Waals surface area (Å²) in [6.45, 7) is 4.49. The van der Waals surface area contributed by atoms with E-state index in [0.717, 1.165) is 12.8 Å². The minimum Gasteiger partial charge on any atom is -0.388 e. The molecule has 1 saturated heterocycles. The second kappa shape index (κ2) is 9.85. The zero-order valence-corrected chi connectivity index (χ0v) is 16.0. The van der Waals surface area contributed by atoms with E-state index in [9.17, 15) is 9.59 Å². The molecule has 1 aliphatic rings. The molecule has 2 aromatic rings. The van der Waals surface area contributed by atoms with Gasteiger partial charge in [-0.05, 0) is 18.4 Å². The van der Waals surface area contributed by atoms with Gasteiger partial charge in [0.2, 0.25) is 5.91 Å². The van der Waals surface area contributed by atoms with Gasteiger partial charge in [0, 0.05) is 44.2 Å². The molecular weight excluding hydrogens is 358 g/mol. The summed E-state index contributed by atoms with van der Waals surface area (Å²) in [7, 11) is 0. The Labute approximate surface area is 164 Å². The van der Waals surface area contributed by atoms with E-state index in [1.165, 1.54) is 18.0 Å². The quantitative estimate of drug-likeness (QED) is 0.787. The minimum atomic E-state index is -0.544. The third kappa shape index (κ3) is 4.86. The lowest BCUT2D eigenvalue weighted by molar-refractivity contribution is -0.130. The fourth-order valence-corrected chi connectivity index (χ4v) is 3.59. The van der Waals surface area contributed by atoms with E-state index in [2.05, 4.69) is 22.1 Å². The Hall–Kier alpha value is -2.93. The van der Waals surface area contributed by atoms with Gasteiger partial charge in [0.05, 0.1) is 5.56 Å². The van der Waals surface area contributed by atoms with Crippen molar-refractivity contribution in [3.05, 3.63) is 59.7 Å². The molecule has 1 fully saturated rings. The third-order valence-electron chi connectivity index (χ3n) is 5.22. The van der Waals surface area contributed by atoms with Gasteiger partial charge in [-0.1, -0.05) is 30.3 Å². The second-order valence-electron chi connectivity index (χ2n) is 6.80. The summed E-state index contributed by atoms with van der Waals surface area (Å²) < 4.78 is 0. The first-order chi connectivity index (χ1) is 13.5. The minimum absolute atomic E-state index is 0.106. The van der Waals surface area contributed by atoms with Crippen LogP contribution in [0, 0.1) is 0 Å². The maximum Gasteiger partial charge on any atom is 0.219 e. The van der Waals surface area contributed by atoms with Crippen LogP contribution in [-0.4, -0.2) is 58.2 Å². The number of aliphatic hydroxyl groups excluding tert-OH is 1. The van der Waals surface area contributed by atoms with Crippen molar-refractivity contribution >= 4 is 18.5 Å². The van der Waals surface area contributed by atoms with Gasteiger partial charge < -0.3 is 14.8 Å². The molecule has 0 radical (unpaired) electrons. The summed E-state index contributed by atoms with van der Waals surface area (Å²) in [5, 5.41) is 8.94. The zero-order valence-electron chi connectivity index (χ0n) is 16.0. The number of hydrogen-bond donors (Lipinski definition) is 1. The first-order valence-electron chi connectivity index (χ1n) is 9.09. The van der Waals surface area contributed by atoms with Crippen LogP contribution in [0.2, 0.25) is 0 Å². The number of amides is 1. The lowest BCUT2D eigenvalue weighted by atomic mass is 9.70. The molecule has 7 nitrogen and oxygen atoms in total. The van der Waals surface area contributed by atoms with Crippen molar-refractivity contribution in [2.24, 2.45) is 0 Å². The van der Waals surface area contributed by atoms with Crippen LogP contribution in [0.4, 0.5) is 0 Å². The van der Waals surface area contributed by atoms with E-state index >= 15 is 0 Å². The fraction of sp³-hybridized carbons (Fsp3) is 0.381. The monoisotopic (exact) mass is 383 g/mol. The Morgan fingerprint density at radius 2 is 1.68 bits per heavy atom. The van der Waals surface area contributed by atoms with Gasteiger partial charge in [-0.3, -0.25) is 9.59 Å². The number of rotatable bonds is 5. The van der Waals surface area contributed by atoms with E-state index in [-0.39, 0.29) is 17.1 Å². The van der Waals surface area contributed by atoms with Crippen LogP contribution >= 0.6 is 0 Å². The second-order valence-corrected chi connectivity index (χ2v) is 6.80. The molecule has 1 amide bonds. The van der Waals surface area contributed by atoms with Gasteiger partial charge >= 0.3 is 0 Å². The fourth-order valence-electron chi connectivity index (χ4n) is 3.59. The summed E-state index contributed by atoms with van der Waals surface area (Å²) in [4.78, 5) is 41.8. The molecule has 0 atom stereocenters. The van der Waals surface area contributed by atoms with Crippen LogP contribution in [-0.2, 0) is 21.4 Å². The first kappa shape index (κ1) is 21.4. The number of hydrogen-bond acceptors (Lipinski definition) is 6. The standard InChI is InChI=1S/C20H23N3O3.CH2O/c1-15(25)23-9-7-20(8-10-23,17-5-3-2-4-6-17)11-19-21-12-16(13-22-19)18(26)14-24;1-2/h2-6,12-13,24H,7-11,14H2,1H3;1H2. The van der Waals surface area contributed by atoms with Crippen molar-refractivity contribution in [2.75, 3.05) is 19.7 Å². The molecular formula is C21H25N3O4. The predicted molar refractivity (Wildman–Crippen MR) is 104 cm³/mol. The van der Waals surface area contributed by atoms with Crippen molar-refractivity contribution < 1.29 is 19.5 Å². The van der Waals surface area contributed by atoms with Crippen molar-refractivity contribution in [2.45, 2.75) is 31.6 Å². The highest BCUT2D eigenvalue weighted by Gasteiger charge is 2.37. The van der Waals surface area contributed by atoms with Gasteiger partial charge in [-0.15, -0.1) is 0 Å². The number of carbonyl (C=O) groups excluding carboxylic acids is 3. The SMILES string of the molecule is C=O.CC(=O)N1CCC(Cc2ncc(C(=O)CO)cn2)(c2ccccc2)CC1.